The van der Waals surface area contributed by atoms with Gasteiger partial charge in [-0.25, -0.2) is 8.42 Å². The van der Waals surface area contributed by atoms with Crippen LogP contribution in [-0.4, -0.2) is 38.0 Å². The molecule has 0 radical (unpaired) electrons. The van der Waals surface area contributed by atoms with Crippen molar-refractivity contribution in [3.63, 3.8) is 0 Å². The van der Waals surface area contributed by atoms with Crippen LogP contribution in [-0.2, 0) is 14.8 Å². The van der Waals surface area contributed by atoms with E-state index in [-0.39, 0.29) is 17.0 Å². The average Bonchev–Trinajstić information content (AvgIpc) is 3.01. The third kappa shape index (κ3) is 4.13. The van der Waals surface area contributed by atoms with Gasteiger partial charge in [-0.3, -0.25) is 9.59 Å². The summed E-state index contributed by atoms with van der Waals surface area (Å²) in [6, 6.07) is 5.06. The van der Waals surface area contributed by atoms with E-state index in [0.29, 0.717) is 12.8 Å². The molecule has 1 aromatic rings. The number of carbonyl (C=O) groups excluding carboxylic acids is 1. The van der Waals surface area contributed by atoms with Gasteiger partial charge in [0.2, 0.25) is 10.0 Å². The van der Waals surface area contributed by atoms with Gasteiger partial charge in [-0.2, -0.15) is 4.72 Å². The second-order valence-corrected chi connectivity index (χ2v) is 7.28. The van der Waals surface area contributed by atoms with Crippen LogP contribution < -0.4 is 10.0 Å². The lowest BCUT2D eigenvalue weighted by molar-refractivity contribution is -0.142. The number of terminal acetylenes is 1. The van der Waals surface area contributed by atoms with E-state index < -0.39 is 33.9 Å². The lowest BCUT2D eigenvalue weighted by Gasteiger charge is -2.17. The first-order valence-corrected chi connectivity index (χ1v) is 8.90. The highest BCUT2D eigenvalue weighted by molar-refractivity contribution is 7.89. The number of rotatable bonds is 6. The monoisotopic (exact) mass is 350 g/mol. The largest absolute Gasteiger partial charge is 0.481 e. The van der Waals surface area contributed by atoms with Crippen LogP contribution in [0.1, 0.15) is 29.6 Å². The minimum atomic E-state index is -3.80. The molecular weight excluding hydrogens is 332 g/mol. The van der Waals surface area contributed by atoms with E-state index in [1.165, 1.54) is 24.3 Å². The molecule has 0 saturated heterocycles. The quantitative estimate of drug-likeness (QED) is 0.650. The summed E-state index contributed by atoms with van der Waals surface area (Å²) in [5.74, 6) is 0.121. The van der Waals surface area contributed by atoms with Crippen LogP contribution in [0.25, 0.3) is 0 Å². The molecule has 7 nitrogen and oxygen atoms in total. The van der Waals surface area contributed by atoms with E-state index in [0.717, 1.165) is 6.42 Å². The van der Waals surface area contributed by atoms with Crippen LogP contribution in [0.4, 0.5) is 0 Å². The Morgan fingerprint density at radius 3 is 2.75 bits per heavy atom. The number of carbonyl (C=O) groups is 2. The van der Waals surface area contributed by atoms with Crippen molar-refractivity contribution in [2.45, 2.75) is 30.2 Å². The minimum Gasteiger partial charge on any atom is -0.481 e. The molecule has 1 aromatic carbocycles. The van der Waals surface area contributed by atoms with Crippen molar-refractivity contribution < 1.29 is 23.1 Å². The number of benzene rings is 1. The molecule has 1 fully saturated rings. The van der Waals surface area contributed by atoms with Crippen LogP contribution >= 0.6 is 0 Å². The number of nitrogens with one attached hydrogen (secondary N) is 2. The Morgan fingerprint density at radius 1 is 1.33 bits per heavy atom. The summed E-state index contributed by atoms with van der Waals surface area (Å²) in [6.45, 7) is -0.152. The smallest absolute Gasteiger partial charge is 0.308 e. The first-order valence-electron chi connectivity index (χ1n) is 7.42. The lowest BCUT2D eigenvalue weighted by Crippen LogP contribution is -2.40. The van der Waals surface area contributed by atoms with Gasteiger partial charge in [0, 0.05) is 11.6 Å². The number of aliphatic carboxylic acids is 1. The Balaban J connectivity index is 2.15. The fourth-order valence-corrected chi connectivity index (χ4v) is 3.68. The summed E-state index contributed by atoms with van der Waals surface area (Å²) < 4.78 is 26.3. The molecule has 0 bridgehead atoms. The van der Waals surface area contributed by atoms with Gasteiger partial charge in [-0.15, -0.1) is 6.42 Å². The Morgan fingerprint density at radius 2 is 2.08 bits per heavy atom. The van der Waals surface area contributed by atoms with Gasteiger partial charge in [-0.05, 0) is 31.0 Å². The molecule has 24 heavy (non-hydrogen) atoms. The van der Waals surface area contributed by atoms with Crippen LogP contribution in [0, 0.1) is 18.3 Å². The number of sulfonamides is 1. The van der Waals surface area contributed by atoms with Crippen molar-refractivity contribution in [1.29, 1.82) is 0 Å². The predicted molar refractivity (Wildman–Crippen MR) is 86.7 cm³/mol. The SMILES string of the molecule is C#CCNS(=O)(=O)c1cccc(C(=O)N[C@H]2CCC[C@H]2C(=O)O)c1. The maximum Gasteiger partial charge on any atom is 0.308 e. The molecule has 0 spiro atoms. The van der Waals surface area contributed by atoms with E-state index in [1.807, 2.05) is 0 Å². The summed E-state index contributed by atoms with van der Waals surface area (Å²) in [5, 5.41) is 11.8. The van der Waals surface area contributed by atoms with Crippen molar-refractivity contribution >= 4 is 21.9 Å². The Hall–Kier alpha value is -2.37. The van der Waals surface area contributed by atoms with Gasteiger partial charge in [0.15, 0.2) is 0 Å². The Labute approximate surface area is 140 Å². The molecule has 3 N–H and O–H groups in total. The standard InChI is InChI=1S/C16H18N2O5S/c1-2-9-17-24(22,23)12-6-3-5-11(10-12)15(19)18-14-8-4-7-13(14)16(20)21/h1,3,5-6,10,13-14,17H,4,7-9H2,(H,18,19)(H,20,21)/t13-,14+/m1/s1. The fourth-order valence-electron chi connectivity index (χ4n) is 2.70. The minimum absolute atomic E-state index is 0.0772. The Kier molecular flexibility index (Phi) is 5.59. The van der Waals surface area contributed by atoms with Crippen molar-refractivity contribution in [3.05, 3.63) is 29.8 Å². The molecule has 2 atom stereocenters. The molecule has 0 aromatic heterocycles. The van der Waals surface area contributed by atoms with Crippen molar-refractivity contribution in [3.8, 4) is 12.3 Å². The highest BCUT2D eigenvalue weighted by atomic mass is 32.2. The molecule has 2 rings (SSSR count). The van der Waals surface area contributed by atoms with Crippen LogP contribution in [0.2, 0.25) is 0 Å². The zero-order chi connectivity index (χ0) is 17.7. The topological polar surface area (TPSA) is 113 Å². The fraction of sp³-hybridized carbons (Fsp3) is 0.375. The molecule has 0 heterocycles. The Bertz CT molecular complexity index is 782. The zero-order valence-corrected chi connectivity index (χ0v) is 13.7. The van der Waals surface area contributed by atoms with E-state index in [4.69, 9.17) is 11.5 Å². The third-order valence-electron chi connectivity index (χ3n) is 3.92. The van der Waals surface area contributed by atoms with Gasteiger partial charge < -0.3 is 10.4 Å². The van der Waals surface area contributed by atoms with E-state index in [1.54, 1.807) is 0 Å². The summed E-state index contributed by atoms with van der Waals surface area (Å²) in [7, 11) is -3.80. The molecule has 0 aliphatic heterocycles. The van der Waals surface area contributed by atoms with Gasteiger partial charge in [-0.1, -0.05) is 18.4 Å². The third-order valence-corrected chi connectivity index (χ3v) is 5.32. The van der Waals surface area contributed by atoms with Crippen molar-refractivity contribution in [2.24, 2.45) is 5.92 Å². The molecule has 1 amide bonds. The maximum atomic E-state index is 12.3. The maximum absolute atomic E-state index is 12.3. The van der Waals surface area contributed by atoms with Gasteiger partial charge >= 0.3 is 5.97 Å². The number of carboxylic acid groups (broad SMARTS) is 1. The van der Waals surface area contributed by atoms with Crippen LogP contribution in [0.5, 0.6) is 0 Å². The summed E-state index contributed by atoms with van der Waals surface area (Å²) in [6.07, 6.45) is 6.87. The zero-order valence-electron chi connectivity index (χ0n) is 12.9. The first-order chi connectivity index (χ1) is 11.3. The van der Waals surface area contributed by atoms with Gasteiger partial charge in [0.1, 0.15) is 0 Å². The van der Waals surface area contributed by atoms with E-state index >= 15 is 0 Å². The summed E-state index contributed by atoms with van der Waals surface area (Å²) in [5.41, 5.74) is 0.148. The van der Waals surface area contributed by atoms with Gasteiger partial charge in [0.25, 0.3) is 5.91 Å². The molecule has 0 unspecified atom stereocenters. The first kappa shape index (κ1) is 18.0. The van der Waals surface area contributed by atoms with E-state index in [2.05, 4.69) is 16.0 Å². The predicted octanol–water partition coefficient (Wildman–Crippen LogP) is 0.581. The highest BCUT2D eigenvalue weighted by Gasteiger charge is 2.34. The second kappa shape index (κ2) is 7.47. The van der Waals surface area contributed by atoms with Crippen LogP contribution in [0.3, 0.4) is 0 Å². The number of carboxylic acids is 1. The van der Waals surface area contributed by atoms with Crippen molar-refractivity contribution in [2.75, 3.05) is 6.54 Å². The van der Waals surface area contributed by atoms with E-state index in [9.17, 15) is 18.0 Å². The molecule has 1 aliphatic rings. The molecule has 1 saturated carbocycles. The molecule has 8 heteroatoms. The number of hydrogen-bond acceptors (Lipinski definition) is 4. The molecule has 128 valence electrons. The van der Waals surface area contributed by atoms with Crippen molar-refractivity contribution in [1.82, 2.24) is 10.0 Å². The lowest BCUT2D eigenvalue weighted by atomic mass is 10.0. The molecular formula is C16H18N2O5S. The number of amides is 1. The summed E-state index contributed by atoms with van der Waals surface area (Å²) >= 11 is 0. The highest BCUT2D eigenvalue weighted by Crippen LogP contribution is 2.26. The molecule has 1 aliphatic carbocycles. The number of hydrogen-bond donors (Lipinski definition) is 3. The van der Waals surface area contributed by atoms with Crippen LogP contribution in [0.15, 0.2) is 29.2 Å². The summed E-state index contributed by atoms with van der Waals surface area (Å²) in [4.78, 5) is 23.4. The normalized spacial score (nSPS) is 20.3. The van der Waals surface area contributed by atoms with Gasteiger partial charge in [0.05, 0.1) is 17.4 Å². The second-order valence-electron chi connectivity index (χ2n) is 5.51. The average molecular weight is 350 g/mol.